The fourth-order valence-electron chi connectivity index (χ4n) is 0.311. The Morgan fingerprint density at radius 1 is 1.86 bits per heavy atom. The second-order valence-electron chi connectivity index (χ2n) is 1.60. The highest BCUT2D eigenvalue weighted by Crippen LogP contribution is 1.86. The van der Waals surface area contributed by atoms with E-state index in [1.807, 2.05) is 6.92 Å². The molecule has 0 amide bonds. The summed E-state index contributed by atoms with van der Waals surface area (Å²) in [5.41, 5.74) is 0. The number of hydrogen-bond donors (Lipinski definition) is 1. The smallest absolute Gasteiger partial charge is 0.0537 e. The van der Waals surface area contributed by atoms with Gasteiger partial charge in [0.2, 0.25) is 0 Å². The molecule has 0 rings (SSSR count). The van der Waals surface area contributed by atoms with Crippen LogP contribution >= 0.6 is 0 Å². The van der Waals surface area contributed by atoms with Gasteiger partial charge in [-0.15, -0.1) is 0 Å². The molecule has 0 aliphatic carbocycles. The molecule has 0 aromatic heterocycles. The molecule has 0 aromatic rings. The zero-order valence-electron chi connectivity index (χ0n) is 4.77. The summed E-state index contributed by atoms with van der Waals surface area (Å²) < 4.78 is 4.74. The van der Waals surface area contributed by atoms with Gasteiger partial charge in [0, 0.05) is 19.2 Å². The molecule has 2 nitrogen and oxygen atoms in total. The van der Waals surface area contributed by atoms with Crippen LogP contribution < -0.4 is 0 Å². The van der Waals surface area contributed by atoms with Crippen molar-refractivity contribution >= 4 is 6.21 Å². The maximum absolute atomic E-state index is 6.71. The highest BCUT2D eigenvalue weighted by atomic mass is 16.5. The van der Waals surface area contributed by atoms with Gasteiger partial charge in [-0.05, 0) is 0 Å². The van der Waals surface area contributed by atoms with Crippen LogP contribution in [0.2, 0.25) is 0 Å². The Morgan fingerprint density at radius 3 is 2.57 bits per heavy atom. The Balaban J connectivity index is 2.98. The highest BCUT2D eigenvalue weighted by Gasteiger charge is 1.91. The average Bonchev–Trinajstić information content (AvgIpc) is 1.68. The number of methoxy groups -OCH3 is 1. The predicted octanol–water partition coefficient (Wildman–Crippen LogP) is 0.918. The fraction of sp³-hybridized carbons (Fsp3) is 0.800. The summed E-state index contributed by atoms with van der Waals surface area (Å²) in [5, 5.41) is 6.71. The van der Waals surface area contributed by atoms with Crippen LogP contribution in [0.1, 0.15) is 6.92 Å². The van der Waals surface area contributed by atoms with Crippen molar-refractivity contribution in [1.82, 2.24) is 0 Å². The van der Waals surface area contributed by atoms with Gasteiger partial charge >= 0.3 is 0 Å². The Kier molecular flexibility index (Phi) is 3.61. The van der Waals surface area contributed by atoms with Crippen LogP contribution in [0.4, 0.5) is 0 Å². The first-order valence-corrected chi connectivity index (χ1v) is 2.30. The first-order chi connectivity index (χ1) is 3.31. The number of nitrogens with one attached hydrogen (secondary N) is 1. The van der Waals surface area contributed by atoms with Gasteiger partial charge in [0.1, 0.15) is 0 Å². The van der Waals surface area contributed by atoms with Crippen molar-refractivity contribution in [2.45, 2.75) is 6.92 Å². The number of rotatable bonds is 3. The quantitative estimate of drug-likeness (QED) is 0.527. The van der Waals surface area contributed by atoms with E-state index in [0.29, 0.717) is 6.61 Å². The Morgan fingerprint density at radius 2 is 2.43 bits per heavy atom. The van der Waals surface area contributed by atoms with Crippen molar-refractivity contribution in [3.05, 3.63) is 0 Å². The van der Waals surface area contributed by atoms with E-state index in [9.17, 15) is 0 Å². The zero-order valence-corrected chi connectivity index (χ0v) is 4.77. The van der Waals surface area contributed by atoms with Crippen molar-refractivity contribution in [1.29, 1.82) is 5.41 Å². The molecule has 7 heavy (non-hydrogen) atoms. The van der Waals surface area contributed by atoms with Crippen molar-refractivity contribution < 1.29 is 4.74 Å². The molecule has 0 aromatic carbocycles. The third-order valence-electron chi connectivity index (χ3n) is 0.714. The molecular weight excluding hydrogens is 90.1 g/mol. The van der Waals surface area contributed by atoms with E-state index in [0.717, 1.165) is 0 Å². The monoisotopic (exact) mass is 101 g/mol. The largest absolute Gasteiger partial charge is 0.384 e. The second-order valence-corrected chi connectivity index (χ2v) is 1.60. The molecule has 1 unspecified atom stereocenters. The van der Waals surface area contributed by atoms with E-state index < -0.39 is 0 Å². The van der Waals surface area contributed by atoms with Crippen molar-refractivity contribution in [3.8, 4) is 0 Å². The minimum atomic E-state index is 0.269. The lowest BCUT2D eigenvalue weighted by atomic mass is 10.2. The van der Waals surface area contributed by atoms with Crippen LogP contribution in [0.15, 0.2) is 0 Å². The van der Waals surface area contributed by atoms with Crippen LogP contribution in [0.5, 0.6) is 0 Å². The van der Waals surface area contributed by atoms with Gasteiger partial charge in [-0.25, -0.2) is 0 Å². The van der Waals surface area contributed by atoms with Gasteiger partial charge in [-0.3, -0.25) is 0 Å². The van der Waals surface area contributed by atoms with Gasteiger partial charge in [0.25, 0.3) is 0 Å². The molecule has 0 bridgehead atoms. The minimum absolute atomic E-state index is 0.269. The van der Waals surface area contributed by atoms with Crippen LogP contribution in [0.25, 0.3) is 0 Å². The standard InChI is InChI=1S/C5H11NO/c1-5(3-6)4-7-2/h3,5-6H,4H2,1-2H3. The molecule has 0 spiro atoms. The highest BCUT2D eigenvalue weighted by molar-refractivity contribution is 5.56. The fourth-order valence-corrected chi connectivity index (χ4v) is 0.311. The van der Waals surface area contributed by atoms with Gasteiger partial charge in [0.15, 0.2) is 0 Å². The van der Waals surface area contributed by atoms with Crippen molar-refractivity contribution in [3.63, 3.8) is 0 Å². The van der Waals surface area contributed by atoms with E-state index in [-0.39, 0.29) is 5.92 Å². The summed E-state index contributed by atoms with van der Waals surface area (Å²) in [6, 6.07) is 0. The first kappa shape index (κ1) is 6.63. The van der Waals surface area contributed by atoms with Crippen LogP contribution in [0, 0.1) is 11.3 Å². The molecule has 0 heterocycles. The average molecular weight is 101 g/mol. The van der Waals surface area contributed by atoms with Crippen molar-refractivity contribution in [2.24, 2.45) is 5.92 Å². The predicted molar refractivity (Wildman–Crippen MR) is 29.8 cm³/mol. The topological polar surface area (TPSA) is 33.1 Å². The molecule has 0 aliphatic rings. The summed E-state index contributed by atoms with van der Waals surface area (Å²) in [5.74, 6) is 0.269. The zero-order chi connectivity index (χ0) is 5.70. The molecule has 0 saturated heterocycles. The van der Waals surface area contributed by atoms with Gasteiger partial charge in [-0.1, -0.05) is 6.92 Å². The first-order valence-electron chi connectivity index (χ1n) is 2.30. The van der Waals surface area contributed by atoms with E-state index in [1.54, 1.807) is 7.11 Å². The molecular formula is C5H11NO. The summed E-state index contributed by atoms with van der Waals surface area (Å²) in [7, 11) is 1.64. The molecule has 0 radical (unpaired) electrons. The van der Waals surface area contributed by atoms with Crippen LogP contribution in [-0.4, -0.2) is 19.9 Å². The third kappa shape index (κ3) is 3.46. The molecule has 0 saturated carbocycles. The van der Waals surface area contributed by atoms with Gasteiger partial charge in [0.05, 0.1) is 6.61 Å². The number of ether oxygens (including phenoxy) is 1. The van der Waals surface area contributed by atoms with E-state index in [4.69, 9.17) is 10.1 Å². The maximum Gasteiger partial charge on any atom is 0.0537 e. The van der Waals surface area contributed by atoms with E-state index >= 15 is 0 Å². The molecule has 0 aliphatic heterocycles. The molecule has 1 N–H and O–H groups in total. The molecule has 42 valence electrons. The summed E-state index contributed by atoms with van der Waals surface area (Å²) in [6.07, 6.45) is 1.38. The summed E-state index contributed by atoms with van der Waals surface area (Å²) in [6.45, 7) is 2.60. The summed E-state index contributed by atoms with van der Waals surface area (Å²) in [4.78, 5) is 0. The lowest BCUT2D eigenvalue weighted by Crippen LogP contribution is -2.02. The Labute approximate surface area is 44.0 Å². The Hall–Kier alpha value is -0.370. The summed E-state index contributed by atoms with van der Waals surface area (Å²) >= 11 is 0. The van der Waals surface area contributed by atoms with Crippen LogP contribution in [-0.2, 0) is 4.74 Å². The third-order valence-corrected chi connectivity index (χ3v) is 0.714. The SMILES string of the molecule is COCC(C)C=N. The van der Waals surface area contributed by atoms with Crippen LogP contribution in [0.3, 0.4) is 0 Å². The van der Waals surface area contributed by atoms with Gasteiger partial charge in [-0.2, -0.15) is 0 Å². The van der Waals surface area contributed by atoms with Gasteiger partial charge < -0.3 is 10.1 Å². The Bertz CT molecular complexity index is 54.0. The normalized spacial score (nSPS) is 13.4. The molecule has 1 atom stereocenters. The van der Waals surface area contributed by atoms with E-state index in [2.05, 4.69) is 0 Å². The molecule has 0 fully saturated rings. The second kappa shape index (κ2) is 3.81. The maximum atomic E-state index is 6.71. The van der Waals surface area contributed by atoms with E-state index in [1.165, 1.54) is 6.21 Å². The molecule has 2 heteroatoms. The number of hydrogen-bond acceptors (Lipinski definition) is 2. The lowest BCUT2D eigenvalue weighted by Gasteiger charge is -1.98. The minimum Gasteiger partial charge on any atom is -0.384 e. The lowest BCUT2D eigenvalue weighted by molar-refractivity contribution is 0.183. The van der Waals surface area contributed by atoms with Crippen molar-refractivity contribution in [2.75, 3.05) is 13.7 Å².